The Morgan fingerprint density at radius 1 is 1.30 bits per heavy atom. The van der Waals surface area contributed by atoms with Crippen LogP contribution in [0.25, 0.3) is 0 Å². The third-order valence-corrected chi connectivity index (χ3v) is 4.55. The molecule has 0 aliphatic carbocycles. The number of rotatable bonds is 8. The molecule has 1 aromatic carbocycles. The molecule has 0 aliphatic rings. The molecule has 0 saturated heterocycles. The van der Waals surface area contributed by atoms with Gasteiger partial charge in [0, 0.05) is 30.9 Å². The highest BCUT2D eigenvalue weighted by Crippen LogP contribution is 2.33. The van der Waals surface area contributed by atoms with Gasteiger partial charge in [-0.3, -0.25) is 4.79 Å². The number of hydrogen-bond acceptors (Lipinski definition) is 4. The van der Waals surface area contributed by atoms with Gasteiger partial charge < -0.3 is 10.1 Å². The molecule has 23 heavy (non-hydrogen) atoms. The summed E-state index contributed by atoms with van der Waals surface area (Å²) >= 11 is 7.56. The second kappa shape index (κ2) is 9.55. The molecule has 1 N–H and O–H groups in total. The van der Waals surface area contributed by atoms with Gasteiger partial charge in [0.1, 0.15) is 5.03 Å². The fourth-order valence-corrected chi connectivity index (χ4v) is 3.05. The number of nitrogens with one attached hydrogen (secondary N) is 1. The van der Waals surface area contributed by atoms with Crippen LogP contribution in [-0.4, -0.2) is 30.6 Å². The van der Waals surface area contributed by atoms with Gasteiger partial charge in [0.15, 0.2) is 0 Å². The molecule has 2 aromatic rings. The summed E-state index contributed by atoms with van der Waals surface area (Å²) in [6.07, 6.45) is 2.46. The number of ether oxygens (including phenoxy) is 1. The second-order valence-electron chi connectivity index (χ2n) is 4.69. The predicted octanol–water partition coefficient (Wildman–Crippen LogP) is 4.04. The zero-order chi connectivity index (χ0) is 16.5. The van der Waals surface area contributed by atoms with Crippen molar-refractivity contribution in [2.75, 3.05) is 19.8 Å². The average Bonchev–Trinajstić information content (AvgIpc) is 2.57. The number of aromatic nitrogens is 1. The molecular formula is C17H19ClN2O2S. The van der Waals surface area contributed by atoms with Gasteiger partial charge in [0.05, 0.1) is 10.6 Å². The molecule has 0 aliphatic heterocycles. The number of benzene rings is 1. The second-order valence-corrected chi connectivity index (χ2v) is 6.13. The summed E-state index contributed by atoms with van der Waals surface area (Å²) in [4.78, 5) is 17.5. The lowest BCUT2D eigenvalue weighted by Gasteiger charge is -2.09. The van der Waals surface area contributed by atoms with Crippen LogP contribution in [-0.2, 0) is 4.74 Å². The van der Waals surface area contributed by atoms with Crippen LogP contribution in [0, 0.1) is 0 Å². The summed E-state index contributed by atoms with van der Waals surface area (Å²) in [6.45, 7) is 3.86. The Hall–Kier alpha value is -1.56. The monoisotopic (exact) mass is 350 g/mol. The van der Waals surface area contributed by atoms with E-state index in [-0.39, 0.29) is 5.91 Å². The molecule has 122 valence electrons. The van der Waals surface area contributed by atoms with E-state index in [1.165, 1.54) is 11.8 Å². The summed E-state index contributed by atoms with van der Waals surface area (Å²) in [7, 11) is 0. The lowest BCUT2D eigenvalue weighted by molar-refractivity contribution is 0.0940. The number of hydrogen-bond donors (Lipinski definition) is 1. The maximum atomic E-state index is 12.3. The molecule has 0 spiro atoms. The third-order valence-electron chi connectivity index (χ3n) is 3.01. The Kier molecular flexibility index (Phi) is 7.39. The van der Waals surface area contributed by atoms with Crippen molar-refractivity contribution in [3.05, 3.63) is 53.2 Å². The number of halogens is 1. The van der Waals surface area contributed by atoms with E-state index in [0.717, 1.165) is 11.3 Å². The highest BCUT2D eigenvalue weighted by Gasteiger charge is 2.14. The van der Waals surface area contributed by atoms with Crippen LogP contribution in [0.3, 0.4) is 0 Å². The first-order chi connectivity index (χ1) is 11.2. The first-order valence-corrected chi connectivity index (χ1v) is 8.65. The van der Waals surface area contributed by atoms with E-state index >= 15 is 0 Å². The highest BCUT2D eigenvalue weighted by molar-refractivity contribution is 7.99. The van der Waals surface area contributed by atoms with Crippen molar-refractivity contribution in [2.24, 2.45) is 0 Å². The lowest BCUT2D eigenvalue weighted by atomic mass is 10.2. The smallest absolute Gasteiger partial charge is 0.254 e. The van der Waals surface area contributed by atoms with Crippen LogP contribution in [0.15, 0.2) is 52.5 Å². The van der Waals surface area contributed by atoms with Crippen molar-refractivity contribution in [1.82, 2.24) is 10.3 Å². The Balaban J connectivity index is 2.02. The minimum absolute atomic E-state index is 0.135. The van der Waals surface area contributed by atoms with Crippen LogP contribution < -0.4 is 5.32 Å². The van der Waals surface area contributed by atoms with Crippen molar-refractivity contribution < 1.29 is 9.53 Å². The molecule has 1 amide bonds. The molecule has 0 fully saturated rings. The van der Waals surface area contributed by atoms with Crippen molar-refractivity contribution in [1.29, 1.82) is 0 Å². The fraction of sp³-hybridized carbons (Fsp3) is 0.294. The number of carbonyl (C=O) groups is 1. The molecule has 2 rings (SSSR count). The molecular weight excluding hydrogens is 332 g/mol. The lowest BCUT2D eigenvalue weighted by Crippen LogP contribution is -2.26. The summed E-state index contributed by atoms with van der Waals surface area (Å²) in [5, 5.41) is 4.18. The molecule has 0 radical (unpaired) electrons. The van der Waals surface area contributed by atoms with E-state index in [9.17, 15) is 4.79 Å². The molecule has 0 bridgehead atoms. The SMILES string of the molecule is CCOCCCNC(=O)c1cccnc1Sc1ccccc1Cl. The van der Waals surface area contributed by atoms with Crippen LogP contribution in [0.2, 0.25) is 5.02 Å². The quantitative estimate of drug-likeness (QED) is 0.730. The van der Waals surface area contributed by atoms with Crippen molar-refractivity contribution in [2.45, 2.75) is 23.3 Å². The Morgan fingerprint density at radius 2 is 2.13 bits per heavy atom. The van der Waals surface area contributed by atoms with E-state index in [2.05, 4.69) is 10.3 Å². The third kappa shape index (κ3) is 5.53. The van der Waals surface area contributed by atoms with Gasteiger partial charge in [-0.15, -0.1) is 0 Å². The average molecular weight is 351 g/mol. The van der Waals surface area contributed by atoms with Gasteiger partial charge in [-0.2, -0.15) is 0 Å². The van der Waals surface area contributed by atoms with Gasteiger partial charge in [0.2, 0.25) is 0 Å². The summed E-state index contributed by atoms with van der Waals surface area (Å²) in [5.74, 6) is -0.135. The van der Waals surface area contributed by atoms with E-state index in [1.807, 2.05) is 31.2 Å². The summed E-state index contributed by atoms with van der Waals surface area (Å²) in [6, 6.07) is 11.0. The molecule has 0 saturated carbocycles. The summed E-state index contributed by atoms with van der Waals surface area (Å²) < 4.78 is 5.25. The first-order valence-electron chi connectivity index (χ1n) is 7.45. The molecule has 4 nitrogen and oxygen atoms in total. The van der Waals surface area contributed by atoms with Crippen LogP contribution in [0.4, 0.5) is 0 Å². The zero-order valence-corrected chi connectivity index (χ0v) is 14.5. The number of pyridine rings is 1. The maximum Gasteiger partial charge on any atom is 0.254 e. The minimum Gasteiger partial charge on any atom is -0.382 e. The van der Waals surface area contributed by atoms with E-state index in [4.69, 9.17) is 16.3 Å². The van der Waals surface area contributed by atoms with Gasteiger partial charge >= 0.3 is 0 Å². The maximum absolute atomic E-state index is 12.3. The Morgan fingerprint density at radius 3 is 2.91 bits per heavy atom. The molecule has 6 heteroatoms. The van der Waals surface area contributed by atoms with Gasteiger partial charge in [-0.05, 0) is 37.6 Å². The van der Waals surface area contributed by atoms with Crippen LogP contribution >= 0.6 is 23.4 Å². The van der Waals surface area contributed by atoms with Crippen LogP contribution in [0.5, 0.6) is 0 Å². The highest BCUT2D eigenvalue weighted by atomic mass is 35.5. The number of nitrogens with zero attached hydrogens (tertiary/aromatic N) is 1. The fourth-order valence-electron chi connectivity index (χ4n) is 1.89. The normalized spacial score (nSPS) is 10.5. The van der Waals surface area contributed by atoms with Gasteiger partial charge in [-0.1, -0.05) is 35.5 Å². The Bertz CT molecular complexity index is 652. The summed E-state index contributed by atoms with van der Waals surface area (Å²) in [5.41, 5.74) is 0.550. The molecule has 1 aromatic heterocycles. The van der Waals surface area contributed by atoms with Gasteiger partial charge in [0.25, 0.3) is 5.91 Å². The number of amides is 1. The number of carbonyl (C=O) groups excluding carboxylic acids is 1. The van der Waals surface area contributed by atoms with E-state index in [0.29, 0.717) is 35.4 Å². The van der Waals surface area contributed by atoms with Crippen LogP contribution in [0.1, 0.15) is 23.7 Å². The topological polar surface area (TPSA) is 51.2 Å². The largest absolute Gasteiger partial charge is 0.382 e. The molecule has 1 heterocycles. The van der Waals surface area contributed by atoms with E-state index < -0.39 is 0 Å². The van der Waals surface area contributed by atoms with Crippen molar-refractivity contribution >= 4 is 29.3 Å². The molecule has 0 atom stereocenters. The van der Waals surface area contributed by atoms with Crippen molar-refractivity contribution in [3.63, 3.8) is 0 Å². The van der Waals surface area contributed by atoms with E-state index in [1.54, 1.807) is 18.3 Å². The minimum atomic E-state index is -0.135. The first kappa shape index (κ1) is 17.8. The van der Waals surface area contributed by atoms with Crippen molar-refractivity contribution in [3.8, 4) is 0 Å². The Labute approximate surface area is 145 Å². The standard InChI is InChI=1S/C17H19ClN2O2S/c1-2-22-12-6-11-19-16(21)13-7-5-10-20-17(13)23-15-9-4-3-8-14(15)18/h3-5,7-10H,2,6,11-12H2,1H3,(H,19,21). The molecule has 0 unspecified atom stereocenters. The predicted molar refractivity (Wildman–Crippen MR) is 93.3 cm³/mol. The van der Waals surface area contributed by atoms with Gasteiger partial charge in [-0.25, -0.2) is 4.98 Å². The zero-order valence-electron chi connectivity index (χ0n) is 12.9.